The molecule has 4 rings (SSSR count). The van der Waals surface area contributed by atoms with Crippen LogP contribution < -0.4 is 5.32 Å². The summed E-state index contributed by atoms with van der Waals surface area (Å²) in [7, 11) is 0. The Morgan fingerprint density at radius 3 is 2.16 bits per heavy atom. The highest BCUT2D eigenvalue weighted by Gasteiger charge is 2.20. The lowest BCUT2D eigenvalue weighted by Gasteiger charge is -2.17. The number of benzene rings is 4. The third-order valence-electron chi connectivity index (χ3n) is 4.72. The summed E-state index contributed by atoms with van der Waals surface area (Å²) in [5.74, 6) is -1.37. The van der Waals surface area contributed by atoms with Gasteiger partial charge in [0.05, 0.1) is 0 Å². The molecule has 124 valence electrons. The van der Waals surface area contributed by atoms with Crippen LogP contribution in [0.15, 0.2) is 54.6 Å². The van der Waals surface area contributed by atoms with E-state index < -0.39 is 12.0 Å². The van der Waals surface area contributed by atoms with Gasteiger partial charge in [0, 0.05) is 13.3 Å². The first-order valence-electron chi connectivity index (χ1n) is 8.20. The molecule has 1 unspecified atom stereocenters. The molecule has 0 saturated carbocycles. The van der Waals surface area contributed by atoms with E-state index in [9.17, 15) is 14.7 Å². The van der Waals surface area contributed by atoms with Crippen molar-refractivity contribution in [3.05, 3.63) is 60.2 Å². The quantitative estimate of drug-likeness (QED) is 0.560. The summed E-state index contributed by atoms with van der Waals surface area (Å²) in [5, 5.41) is 18.8. The second-order valence-corrected chi connectivity index (χ2v) is 6.38. The molecule has 0 saturated heterocycles. The van der Waals surface area contributed by atoms with Crippen LogP contribution in [0.3, 0.4) is 0 Å². The molecule has 0 aliphatic carbocycles. The Kier molecular flexibility index (Phi) is 3.53. The second-order valence-electron chi connectivity index (χ2n) is 6.38. The minimum absolute atomic E-state index is 0.253. The number of carboxylic acids is 1. The fourth-order valence-corrected chi connectivity index (χ4v) is 3.64. The highest BCUT2D eigenvalue weighted by atomic mass is 16.4. The number of carboxylic acid groups (broad SMARTS) is 1. The third-order valence-corrected chi connectivity index (χ3v) is 4.72. The predicted molar refractivity (Wildman–Crippen MR) is 99.1 cm³/mol. The highest BCUT2D eigenvalue weighted by Crippen LogP contribution is 2.36. The maximum atomic E-state index is 11.5. The number of carbonyl (C=O) groups is 2. The summed E-state index contributed by atoms with van der Waals surface area (Å²) in [6.07, 6.45) is 0.253. The van der Waals surface area contributed by atoms with Gasteiger partial charge in [-0.1, -0.05) is 54.6 Å². The van der Waals surface area contributed by atoms with Gasteiger partial charge in [-0.15, -0.1) is 0 Å². The van der Waals surface area contributed by atoms with Crippen LogP contribution in [0.25, 0.3) is 32.3 Å². The minimum Gasteiger partial charge on any atom is -0.480 e. The molecule has 0 fully saturated rings. The van der Waals surface area contributed by atoms with E-state index >= 15 is 0 Å². The standard InChI is InChI=1S/C21H17NO3/c1-12(23)22-18(21(24)25)11-16-8-7-15-6-5-13-3-2-4-14-9-10-17(16)20(15)19(13)14/h2-10,18H,11H2,1H3,(H,22,23)(H,24,25). The van der Waals surface area contributed by atoms with E-state index in [1.165, 1.54) is 23.1 Å². The van der Waals surface area contributed by atoms with Gasteiger partial charge in [0.15, 0.2) is 0 Å². The molecule has 0 aliphatic rings. The normalized spacial score (nSPS) is 12.7. The molecule has 4 nitrogen and oxygen atoms in total. The van der Waals surface area contributed by atoms with Crippen LogP contribution in [0, 0.1) is 0 Å². The van der Waals surface area contributed by atoms with Gasteiger partial charge in [0.1, 0.15) is 6.04 Å². The van der Waals surface area contributed by atoms with Gasteiger partial charge < -0.3 is 10.4 Å². The van der Waals surface area contributed by atoms with E-state index in [1.807, 2.05) is 24.3 Å². The molecule has 0 bridgehead atoms. The Hall–Kier alpha value is -3.14. The number of nitrogens with one attached hydrogen (secondary N) is 1. The van der Waals surface area contributed by atoms with Gasteiger partial charge in [-0.2, -0.15) is 0 Å². The van der Waals surface area contributed by atoms with E-state index in [2.05, 4.69) is 35.6 Å². The number of aliphatic carboxylic acids is 1. The monoisotopic (exact) mass is 331 g/mol. The van der Waals surface area contributed by atoms with Gasteiger partial charge >= 0.3 is 5.97 Å². The molecule has 0 radical (unpaired) electrons. The zero-order valence-electron chi connectivity index (χ0n) is 13.7. The molecular weight excluding hydrogens is 314 g/mol. The van der Waals surface area contributed by atoms with Crippen LogP contribution >= 0.6 is 0 Å². The largest absolute Gasteiger partial charge is 0.480 e. The van der Waals surface area contributed by atoms with Gasteiger partial charge in [0.25, 0.3) is 0 Å². The predicted octanol–water partition coefficient (Wildman–Crippen LogP) is 3.72. The van der Waals surface area contributed by atoms with Crippen molar-refractivity contribution in [3.8, 4) is 0 Å². The zero-order valence-corrected chi connectivity index (χ0v) is 13.7. The number of carbonyl (C=O) groups excluding carboxylic acids is 1. The van der Waals surface area contributed by atoms with Crippen LogP contribution in [-0.2, 0) is 16.0 Å². The summed E-state index contributed by atoms with van der Waals surface area (Å²) in [4.78, 5) is 22.8. The van der Waals surface area contributed by atoms with Crippen molar-refractivity contribution in [2.45, 2.75) is 19.4 Å². The number of hydrogen-bond acceptors (Lipinski definition) is 2. The molecule has 2 N–H and O–H groups in total. The summed E-state index contributed by atoms with van der Waals surface area (Å²) in [6, 6.07) is 17.6. The Bertz CT molecular complexity index is 1100. The van der Waals surface area contributed by atoms with Crippen molar-refractivity contribution >= 4 is 44.2 Å². The minimum atomic E-state index is -1.03. The van der Waals surface area contributed by atoms with Crippen molar-refractivity contribution in [3.63, 3.8) is 0 Å². The topological polar surface area (TPSA) is 66.4 Å². The molecule has 0 heterocycles. The SMILES string of the molecule is CC(=O)NC(Cc1ccc2ccc3cccc4ccc1c2c34)C(=O)O. The molecule has 0 spiro atoms. The summed E-state index contributed by atoms with van der Waals surface area (Å²) >= 11 is 0. The van der Waals surface area contributed by atoms with Crippen molar-refractivity contribution in [2.75, 3.05) is 0 Å². The fourth-order valence-electron chi connectivity index (χ4n) is 3.64. The van der Waals surface area contributed by atoms with Crippen LogP contribution in [0.4, 0.5) is 0 Å². The maximum Gasteiger partial charge on any atom is 0.326 e. The molecule has 4 heteroatoms. The lowest BCUT2D eigenvalue weighted by Crippen LogP contribution is -2.41. The van der Waals surface area contributed by atoms with Gasteiger partial charge in [-0.3, -0.25) is 4.79 Å². The molecular formula is C21H17NO3. The molecule has 0 aromatic heterocycles. The zero-order chi connectivity index (χ0) is 17.6. The van der Waals surface area contributed by atoms with Crippen molar-refractivity contribution in [1.82, 2.24) is 5.32 Å². The lowest BCUT2D eigenvalue weighted by atomic mass is 9.90. The van der Waals surface area contributed by atoms with Crippen molar-refractivity contribution in [1.29, 1.82) is 0 Å². The van der Waals surface area contributed by atoms with E-state index in [-0.39, 0.29) is 12.3 Å². The first-order valence-corrected chi connectivity index (χ1v) is 8.20. The lowest BCUT2D eigenvalue weighted by molar-refractivity contribution is -0.141. The molecule has 4 aromatic rings. The smallest absolute Gasteiger partial charge is 0.326 e. The highest BCUT2D eigenvalue weighted by molar-refractivity contribution is 6.23. The van der Waals surface area contributed by atoms with E-state index in [0.717, 1.165) is 21.7 Å². The summed E-state index contributed by atoms with van der Waals surface area (Å²) in [6.45, 7) is 1.33. The second kappa shape index (κ2) is 5.74. The molecule has 4 aromatic carbocycles. The molecule has 0 aliphatic heterocycles. The third kappa shape index (κ3) is 2.56. The van der Waals surface area contributed by atoms with Crippen LogP contribution in [0.2, 0.25) is 0 Å². The Labute approximate surface area is 144 Å². The fraction of sp³-hybridized carbons (Fsp3) is 0.143. The average Bonchev–Trinajstić information content (AvgIpc) is 2.59. The Balaban J connectivity index is 1.93. The number of hydrogen-bond donors (Lipinski definition) is 2. The first kappa shape index (κ1) is 15.4. The summed E-state index contributed by atoms with van der Waals surface area (Å²) < 4.78 is 0. The van der Waals surface area contributed by atoms with Gasteiger partial charge in [-0.25, -0.2) is 4.79 Å². The van der Waals surface area contributed by atoms with Crippen LogP contribution in [0.1, 0.15) is 12.5 Å². The van der Waals surface area contributed by atoms with Crippen molar-refractivity contribution in [2.24, 2.45) is 0 Å². The van der Waals surface area contributed by atoms with E-state index in [4.69, 9.17) is 0 Å². The molecule has 25 heavy (non-hydrogen) atoms. The maximum absolute atomic E-state index is 11.5. The van der Waals surface area contributed by atoms with E-state index in [0.29, 0.717) is 0 Å². The number of rotatable bonds is 4. The van der Waals surface area contributed by atoms with Gasteiger partial charge in [0.2, 0.25) is 5.91 Å². The number of amides is 1. The Morgan fingerprint density at radius 2 is 1.52 bits per heavy atom. The molecule has 1 amide bonds. The summed E-state index contributed by atoms with van der Waals surface area (Å²) in [5.41, 5.74) is 0.923. The van der Waals surface area contributed by atoms with Crippen LogP contribution in [-0.4, -0.2) is 23.0 Å². The molecule has 1 atom stereocenters. The Morgan fingerprint density at radius 1 is 0.920 bits per heavy atom. The van der Waals surface area contributed by atoms with Gasteiger partial charge in [-0.05, 0) is 37.9 Å². The van der Waals surface area contributed by atoms with Crippen molar-refractivity contribution < 1.29 is 14.7 Å². The van der Waals surface area contributed by atoms with E-state index in [1.54, 1.807) is 0 Å². The first-order chi connectivity index (χ1) is 12.0. The van der Waals surface area contributed by atoms with Crippen LogP contribution in [0.5, 0.6) is 0 Å². The average molecular weight is 331 g/mol.